The molecule has 0 fully saturated rings. The first-order chi connectivity index (χ1) is 9.58. The van der Waals surface area contributed by atoms with Crippen molar-refractivity contribution < 1.29 is 18.0 Å². The lowest BCUT2D eigenvalue weighted by Crippen LogP contribution is -2.07. The molecular formula is C15H7BrF2O2. The Morgan fingerprint density at radius 2 is 1.85 bits per heavy atom. The summed E-state index contributed by atoms with van der Waals surface area (Å²) in [4.78, 5) is 12.2. The number of hydrogen-bond acceptors (Lipinski definition) is 2. The van der Waals surface area contributed by atoms with Crippen LogP contribution in [0, 0.1) is 11.6 Å². The molecule has 0 unspecified atom stereocenters. The highest BCUT2D eigenvalue weighted by atomic mass is 79.9. The van der Waals surface area contributed by atoms with Gasteiger partial charge in [0.2, 0.25) is 5.78 Å². The van der Waals surface area contributed by atoms with Gasteiger partial charge in [0.05, 0.1) is 10.0 Å². The summed E-state index contributed by atoms with van der Waals surface area (Å²) in [5.74, 6) is -2.77. The molecule has 0 aliphatic heterocycles. The van der Waals surface area contributed by atoms with Gasteiger partial charge in [-0.15, -0.1) is 0 Å². The zero-order chi connectivity index (χ0) is 14.3. The van der Waals surface area contributed by atoms with Crippen molar-refractivity contribution in [1.29, 1.82) is 0 Å². The molecule has 0 bridgehead atoms. The Labute approximate surface area is 121 Å². The van der Waals surface area contributed by atoms with Gasteiger partial charge < -0.3 is 4.42 Å². The van der Waals surface area contributed by atoms with Gasteiger partial charge in [-0.25, -0.2) is 8.78 Å². The molecule has 100 valence electrons. The van der Waals surface area contributed by atoms with E-state index in [9.17, 15) is 13.6 Å². The molecule has 3 rings (SSSR count). The standard InChI is InChI=1S/C15H7BrF2O2/c16-9-5-6-10(17)13(14(9)18)15(19)12-7-8-3-1-2-4-11(8)20-12/h1-7H. The monoisotopic (exact) mass is 336 g/mol. The van der Waals surface area contributed by atoms with Gasteiger partial charge >= 0.3 is 0 Å². The Morgan fingerprint density at radius 1 is 1.10 bits per heavy atom. The topological polar surface area (TPSA) is 30.2 Å². The van der Waals surface area contributed by atoms with Crippen molar-refractivity contribution in [2.24, 2.45) is 0 Å². The molecule has 1 heterocycles. The largest absolute Gasteiger partial charge is 0.453 e. The smallest absolute Gasteiger partial charge is 0.234 e. The van der Waals surface area contributed by atoms with Gasteiger partial charge in [0.25, 0.3) is 0 Å². The molecule has 1 aromatic heterocycles. The fraction of sp³-hybridized carbons (Fsp3) is 0. The van der Waals surface area contributed by atoms with Crippen molar-refractivity contribution in [2.75, 3.05) is 0 Å². The van der Waals surface area contributed by atoms with E-state index in [1.807, 2.05) is 0 Å². The van der Waals surface area contributed by atoms with Crippen LogP contribution < -0.4 is 0 Å². The van der Waals surface area contributed by atoms with E-state index in [1.54, 1.807) is 24.3 Å². The summed E-state index contributed by atoms with van der Waals surface area (Å²) in [5, 5.41) is 0.701. The van der Waals surface area contributed by atoms with Gasteiger partial charge in [-0.3, -0.25) is 4.79 Å². The van der Waals surface area contributed by atoms with Gasteiger partial charge in [-0.2, -0.15) is 0 Å². The Hall–Kier alpha value is -2.01. The number of carbonyl (C=O) groups excluding carboxylic acids is 1. The Kier molecular flexibility index (Phi) is 3.14. The van der Waals surface area contributed by atoms with E-state index in [0.717, 1.165) is 6.07 Å². The molecule has 0 saturated heterocycles. The Bertz CT molecular complexity index is 791. The minimum atomic E-state index is -0.935. The number of halogens is 3. The number of furan rings is 1. The van der Waals surface area contributed by atoms with Gasteiger partial charge in [-0.05, 0) is 40.2 Å². The number of benzene rings is 2. The Balaban J connectivity index is 2.15. The van der Waals surface area contributed by atoms with Crippen LogP contribution in [0.25, 0.3) is 11.0 Å². The highest BCUT2D eigenvalue weighted by Crippen LogP contribution is 2.26. The van der Waals surface area contributed by atoms with E-state index in [1.165, 1.54) is 12.1 Å². The minimum absolute atomic E-state index is 0.0263. The number of ketones is 1. The van der Waals surface area contributed by atoms with E-state index in [2.05, 4.69) is 15.9 Å². The molecule has 3 aromatic rings. The fourth-order valence-corrected chi connectivity index (χ4v) is 2.28. The molecule has 2 aromatic carbocycles. The van der Waals surface area contributed by atoms with E-state index < -0.39 is 23.0 Å². The molecule has 2 nitrogen and oxygen atoms in total. The summed E-state index contributed by atoms with van der Waals surface area (Å²) in [6.45, 7) is 0. The van der Waals surface area contributed by atoms with E-state index in [4.69, 9.17) is 4.42 Å². The summed E-state index contributed by atoms with van der Waals surface area (Å²) in [7, 11) is 0. The number of carbonyl (C=O) groups is 1. The molecule has 0 atom stereocenters. The SMILES string of the molecule is O=C(c1cc2ccccc2o1)c1c(F)ccc(Br)c1F. The van der Waals surface area contributed by atoms with E-state index in [0.29, 0.717) is 11.0 Å². The normalized spacial score (nSPS) is 10.9. The van der Waals surface area contributed by atoms with Crippen LogP contribution in [0.5, 0.6) is 0 Å². The van der Waals surface area contributed by atoms with Crippen LogP contribution in [0.1, 0.15) is 16.1 Å². The minimum Gasteiger partial charge on any atom is -0.453 e. The molecule has 20 heavy (non-hydrogen) atoms. The Morgan fingerprint density at radius 3 is 2.60 bits per heavy atom. The second kappa shape index (κ2) is 4.83. The first-order valence-electron chi connectivity index (χ1n) is 5.74. The third kappa shape index (κ3) is 2.04. The van der Waals surface area contributed by atoms with Gasteiger partial charge in [0.1, 0.15) is 11.4 Å². The van der Waals surface area contributed by atoms with Crippen molar-refractivity contribution in [3.8, 4) is 0 Å². The predicted octanol–water partition coefficient (Wildman–Crippen LogP) is 4.70. The zero-order valence-electron chi connectivity index (χ0n) is 9.99. The second-order valence-electron chi connectivity index (χ2n) is 4.20. The molecule has 0 radical (unpaired) electrons. The van der Waals surface area contributed by atoms with E-state index >= 15 is 0 Å². The van der Waals surface area contributed by atoms with Crippen molar-refractivity contribution >= 4 is 32.7 Å². The first-order valence-corrected chi connectivity index (χ1v) is 6.54. The fourth-order valence-electron chi connectivity index (χ4n) is 1.95. The molecule has 0 amide bonds. The zero-order valence-corrected chi connectivity index (χ0v) is 11.6. The van der Waals surface area contributed by atoms with Gasteiger partial charge in [0, 0.05) is 5.39 Å². The third-order valence-corrected chi connectivity index (χ3v) is 3.53. The maximum atomic E-state index is 13.9. The molecule has 0 spiro atoms. The van der Waals surface area contributed by atoms with Crippen LogP contribution in [-0.4, -0.2) is 5.78 Å². The average Bonchev–Trinajstić information content (AvgIpc) is 2.87. The van der Waals surface area contributed by atoms with Crippen LogP contribution in [0.3, 0.4) is 0 Å². The summed E-state index contributed by atoms with van der Waals surface area (Å²) in [5.41, 5.74) is -0.134. The lowest BCUT2D eigenvalue weighted by Gasteiger charge is -2.03. The van der Waals surface area contributed by atoms with Crippen molar-refractivity contribution in [3.05, 3.63) is 69.9 Å². The number of fused-ring (bicyclic) bond motifs is 1. The lowest BCUT2D eigenvalue weighted by molar-refractivity contribution is 0.100. The van der Waals surface area contributed by atoms with Crippen LogP contribution in [-0.2, 0) is 0 Å². The third-order valence-electron chi connectivity index (χ3n) is 2.92. The van der Waals surface area contributed by atoms with E-state index in [-0.39, 0.29) is 10.2 Å². The molecule has 0 saturated carbocycles. The molecule has 0 aliphatic carbocycles. The summed E-state index contributed by atoms with van der Waals surface area (Å²) in [6, 6.07) is 10.7. The van der Waals surface area contributed by atoms with Crippen molar-refractivity contribution in [1.82, 2.24) is 0 Å². The van der Waals surface area contributed by atoms with Crippen LogP contribution in [0.4, 0.5) is 8.78 Å². The quantitative estimate of drug-likeness (QED) is 0.501. The van der Waals surface area contributed by atoms with Crippen LogP contribution in [0.15, 0.2) is 51.4 Å². The highest BCUT2D eigenvalue weighted by molar-refractivity contribution is 9.10. The van der Waals surface area contributed by atoms with Crippen LogP contribution >= 0.6 is 15.9 Å². The summed E-state index contributed by atoms with van der Waals surface area (Å²) < 4.78 is 33.0. The van der Waals surface area contributed by atoms with Gasteiger partial charge in [0.15, 0.2) is 11.6 Å². The molecule has 0 aliphatic rings. The highest BCUT2D eigenvalue weighted by Gasteiger charge is 2.23. The number of para-hydroxylation sites is 1. The number of rotatable bonds is 2. The maximum absolute atomic E-state index is 13.9. The first kappa shape index (κ1) is 13.0. The molecular weight excluding hydrogens is 330 g/mol. The predicted molar refractivity (Wildman–Crippen MR) is 73.7 cm³/mol. The summed E-state index contributed by atoms with van der Waals surface area (Å²) in [6.07, 6.45) is 0. The van der Waals surface area contributed by atoms with Gasteiger partial charge in [-0.1, -0.05) is 18.2 Å². The second-order valence-corrected chi connectivity index (χ2v) is 5.05. The number of hydrogen-bond donors (Lipinski definition) is 0. The van der Waals surface area contributed by atoms with Crippen LogP contribution in [0.2, 0.25) is 0 Å². The lowest BCUT2D eigenvalue weighted by atomic mass is 10.1. The molecule has 5 heteroatoms. The van der Waals surface area contributed by atoms with Crippen molar-refractivity contribution in [2.45, 2.75) is 0 Å². The average molecular weight is 337 g/mol. The molecule has 0 N–H and O–H groups in total. The summed E-state index contributed by atoms with van der Waals surface area (Å²) >= 11 is 2.93. The van der Waals surface area contributed by atoms with Crippen molar-refractivity contribution in [3.63, 3.8) is 0 Å². The maximum Gasteiger partial charge on any atom is 0.234 e.